The number of nitrogens with one attached hydrogen (secondary N) is 1. The van der Waals surface area contributed by atoms with Gasteiger partial charge in [0.25, 0.3) is 0 Å². The molecule has 1 amide bonds. The number of alkyl halides is 3. The van der Waals surface area contributed by atoms with Gasteiger partial charge in [-0.3, -0.25) is 4.79 Å². The summed E-state index contributed by atoms with van der Waals surface area (Å²) in [5.74, 6) is -0.564. The summed E-state index contributed by atoms with van der Waals surface area (Å²) in [5.41, 5.74) is 2.06. The van der Waals surface area contributed by atoms with Gasteiger partial charge in [-0.2, -0.15) is 0 Å². The number of halogens is 3. The van der Waals surface area contributed by atoms with Crippen LogP contribution in [-0.4, -0.2) is 21.0 Å². The maximum Gasteiger partial charge on any atom is 0.573 e. The summed E-state index contributed by atoms with van der Waals surface area (Å²) < 4.78 is 61.2. The van der Waals surface area contributed by atoms with Crippen molar-refractivity contribution < 1.29 is 31.5 Å². The lowest BCUT2D eigenvalue weighted by Gasteiger charge is -2.17. The van der Waals surface area contributed by atoms with E-state index in [-0.39, 0.29) is 11.7 Å². The van der Waals surface area contributed by atoms with Crippen LogP contribution in [0.5, 0.6) is 5.75 Å². The summed E-state index contributed by atoms with van der Waals surface area (Å²) in [4.78, 5) is 13.3. The summed E-state index contributed by atoms with van der Waals surface area (Å²) in [7, 11) is 0. The smallest absolute Gasteiger partial charge is 0.406 e. The Kier molecular flexibility index (Phi) is 5.79. The van der Waals surface area contributed by atoms with Gasteiger partial charge in [-0.1, -0.05) is 36.4 Å². The maximum absolute atomic E-state index is 13.0. The molecule has 2 N–H and O–H groups in total. The van der Waals surface area contributed by atoms with E-state index in [0.717, 1.165) is 11.1 Å². The van der Waals surface area contributed by atoms with Crippen LogP contribution in [0.4, 0.5) is 18.9 Å². The molecule has 0 aliphatic heterocycles. The first-order valence-corrected chi connectivity index (χ1v) is 10.8. The Morgan fingerprint density at radius 2 is 1.62 bits per heavy atom. The molecular weight excluding hydrogens is 443 g/mol. The van der Waals surface area contributed by atoms with Crippen LogP contribution in [0.3, 0.4) is 0 Å². The van der Waals surface area contributed by atoms with Crippen LogP contribution in [0.1, 0.15) is 18.4 Å². The fraction of sp³-hybridized carbons (Fsp3) is 0.174. The lowest BCUT2D eigenvalue weighted by Crippen LogP contribution is -2.27. The van der Waals surface area contributed by atoms with E-state index in [1.54, 1.807) is 42.5 Å². The summed E-state index contributed by atoms with van der Waals surface area (Å²) >= 11 is -2.05. The van der Waals surface area contributed by atoms with E-state index in [0.29, 0.717) is 29.0 Å². The van der Waals surface area contributed by atoms with Crippen molar-refractivity contribution in [3.63, 3.8) is 0 Å². The number of ether oxygens (including phenoxy) is 1. The Morgan fingerprint density at radius 1 is 0.969 bits per heavy atom. The van der Waals surface area contributed by atoms with Crippen LogP contribution in [0, 0.1) is 0 Å². The zero-order valence-corrected chi connectivity index (χ0v) is 17.4. The van der Waals surface area contributed by atoms with Gasteiger partial charge < -0.3 is 14.6 Å². The van der Waals surface area contributed by atoms with Crippen molar-refractivity contribution >= 4 is 22.7 Å². The number of hydrogen-bond acceptors (Lipinski definition) is 3. The summed E-state index contributed by atoms with van der Waals surface area (Å²) in [6.07, 6.45) is -3.58. The molecule has 4 rings (SSSR count). The fourth-order valence-corrected chi connectivity index (χ4v) is 3.91. The molecule has 5 nitrogen and oxygen atoms in total. The van der Waals surface area contributed by atoms with Crippen LogP contribution in [0.2, 0.25) is 0 Å². The minimum absolute atomic E-state index is 0.231. The number of carbonyl (C=O) groups is 1. The van der Waals surface area contributed by atoms with Gasteiger partial charge in [0.1, 0.15) is 5.75 Å². The zero-order valence-electron chi connectivity index (χ0n) is 16.6. The second-order valence-electron chi connectivity index (χ2n) is 7.46. The van der Waals surface area contributed by atoms with Crippen molar-refractivity contribution in [2.75, 3.05) is 5.32 Å². The standard InChI is InChI=1S/C23H18F3NO4S/c24-23(25,26)31-19-8-6-17(7-9-19)22(12-13-22)21(28)27-18-3-1-2-16(14-18)15-4-10-20(11-5-15)32(29)30/h1-11,14H,12-13H2,(H,27,28)(H,29,30). The summed E-state index contributed by atoms with van der Waals surface area (Å²) in [6.45, 7) is 0. The molecule has 1 saturated carbocycles. The van der Waals surface area contributed by atoms with Crippen molar-refractivity contribution in [1.29, 1.82) is 0 Å². The highest BCUT2D eigenvalue weighted by Crippen LogP contribution is 2.49. The van der Waals surface area contributed by atoms with Crippen LogP contribution in [0.25, 0.3) is 11.1 Å². The first-order chi connectivity index (χ1) is 15.2. The topological polar surface area (TPSA) is 75.6 Å². The number of hydrogen-bond donors (Lipinski definition) is 2. The second-order valence-corrected chi connectivity index (χ2v) is 8.43. The molecule has 0 radical (unpaired) electrons. The third kappa shape index (κ3) is 4.84. The molecule has 0 bridgehead atoms. The van der Waals surface area contributed by atoms with E-state index in [1.807, 2.05) is 6.07 Å². The third-order valence-corrected chi connectivity index (χ3v) is 6.01. The molecule has 9 heteroatoms. The molecule has 1 unspecified atom stereocenters. The highest BCUT2D eigenvalue weighted by molar-refractivity contribution is 7.79. The lowest BCUT2D eigenvalue weighted by molar-refractivity contribution is -0.274. The molecule has 1 aliphatic rings. The first kappa shape index (κ1) is 22.0. The van der Waals surface area contributed by atoms with Crippen LogP contribution in [0.15, 0.2) is 77.7 Å². The molecule has 0 spiro atoms. The van der Waals surface area contributed by atoms with E-state index in [1.165, 1.54) is 24.3 Å². The Morgan fingerprint density at radius 3 is 2.19 bits per heavy atom. The number of benzene rings is 3. The second kappa shape index (κ2) is 8.40. The number of amides is 1. The van der Waals surface area contributed by atoms with Gasteiger partial charge in [-0.15, -0.1) is 13.2 Å². The Balaban J connectivity index is 1.49. The van der Waals surface area contributed by atoms with Gasteiger partial charge >= 0.3 is 6.36 Å². The Labute approximate surface area is 184 Å². The average Bonchev–Trinajstić information content (AvgIpc) is 3.55. The minimum atomic E-state index is -4.77. The van der Waals surface area contributed by atoms with E-state index in [9.17, 15) is 22.2 Å². The number of rotatable bonds is 6. The Hall–Kier alpha value is -3.17. The fourth-order valence-electron chi connectivity index (χ4n) is 3.54. The van der Waals surface area contributed by atoms with Crippen LogP contribution in [-0.2, 0) is 21.3 Å². The molecule has 1 fully saturated rings. The van der Waals surface area contributed by atoms with E-state index < -0.39 is 22.9 Å². The third-order valence-electron chi connectivity index (χ3n) is 5.33. The molecule has 166 valence electrons. The minimum Gasteiger partial charge on any atom is -0.406 e. The van der Waals surface area contributed by atoms with Crippen molar-refractivity contribution in [1.82, 2.24) is 0 Å². The highest BCUT2D eigenvalue weighted by atomic mass is 32.2. The van der Waals surface area contributed by atoms with Gasteiger partial charge in [0.05, 0.1) is 10.3 Å². The monoisotopic (exact) mass is 461 g/mol. The molecule has 0 heterocycles. The molecule has 3 aromatic rings. The van der Waals surface area contributed by atoms with Crippen molar-refractivity contribution in [2.45, 2.75) is 29.5 Å². The van der Waals surface area contributed by atoms with E-state index in [4.69, 9.17) is 4.55 Å². The van der Waals surface area contributed by atoms with Gasteiger partial charge in [-0.05, 0) is 65.9 Å². The highest BCUT2D eigenvalue weighted by Gasteiger charge is 2.51. The maximum atomic E-state index is 13.0. The van der Waals surface area contributed by atoms with Crippen LogP contribution < -0.4 is 10.1 Å². The molecule has 32 heavy (non-hydrogen) atoms. The largest absolute Gasteiger partial charge is 0.573 e. The van der Waals surface area contributed by atoms with Crippen molar-refractivity contribution in [3.05, 3.63) is 78.4 Å². The summed E-state index contributed by atoms with van der Waals surface area (Å²) in [5, 5.41) is 2.90. The molecular formula is C23H18F3NO4S. The molecule has 3 aromatic carbocycles. The number of anilines is 1. The van der Waals surface area contributed by atoms with Crippen molar-refractivity contribution in [2.24, 2.45) is 0 Å². The predicted molar refractivity (Wildman–Crippen MR) is 114 cm³/mol. The lowest BCUT2D eigenvalue weighted by atomic mass is 9.94. The molecule has 0 saturated heterocycles. The predicted octanol–water partition coefficient (Wildman–Crippen LogP) is 5.50. The van der Waals surface area contributed by atoms with Gasteiger partial charge in [0.15, 0.2) is 11.1 Å². The molecule has 1 atom stereocenters. The van der Waals surface area contributed by atoms with Gasteiger partial charge in [0, 0.05) is 5.69 Å². The Bertz CT molecular complexity index is 1160. The number of carbonyl (C=O) groups excluding carboxylic acids is 1. The first-order valence-electron chi connectivity index (χ1n) is 9.65. The molecule has 0 aromatic heterocycles. The van der Waals surface area contributed by atoms with E-state index in [2.05, 4.69) is 10.1 Å². The zero-order chi connectivity index (χ0) is 22.9. The molecule has 1 aliphatic carbocycles. The van der Waals surface area contributed by atoms with Crippen molar-refractivity contribution in [3.8, 4) is 16.9 Å². The van der Waals surface area contributed by atoms with E-state index >= 15 is 0 Å². The van der Waals surface area contributed by atoms with Gasteiger partial charge in [0.2, 0.25) is 5.91 Å². The van der Waals surface area contributed by atoms with Crippen LogP contribution >= 0.6 is 0 Å². The summed E-state index contributed by atoms with van der Waals surface area (Å²) in [6, 6.07) is 19.1. The average molecular weight is 461 g/mol. The normalized spacial score (nSPS) is 15.6. The quantitative estimate of drug-likeness (QED) is 0.475. The SMILES string of the molecule is O=C(Nc1cccc(-c2ccc(S(=O)O)cc2)c1)C1(c2ccc(OC(F)(F)F)cc2)CC1. The van der Waals surface area contributed by atoms with Gasteiger partial charge in [-0.25, -0.2) is 4.21 Å².